The second kappa shape index (κ2) is 17.7. The lowest BCUT2D eigenvalue weighted by Gasteiger charge is -2.26. The van der Waals surface area contributed by atoms with E-state index in [-0.39, 0.29) is 11.6 Å². The van der Waals surface area contributed by atoms with Gasteiger partial charge in [0.1, 0.15) is 11.5 Å². The number of carbonyl (C=O) groups excluding carboxylic acids is 1. The molecule has 47 heavy (non-hydrogen) atoms. The van der Waals surface area contributed by atoms with Gasteiger partial charge in [-0.05, 0) is 60.9 Å². The quantitative estimate of drug-likeness (QED) is 0.118. The first-order valence-corrected chi connectivity index (χ1v) is 17.2. The molecule has 1 aromatic heterocycles. The van der Waals surface area contributed by atoms with Crippen LogP contribution in [0.2, 0.25) is 0 Å². The van der Waals surface area contributed by atoms with Crippen LogP contribution in [0.4, 0.5) is 0 Å². The average Bonchev–Trinajstić information content (AvgIpc) is 3.55. The molecule has 250 valence electrons. The highest BCUT2D eigenvalue weighted by molar-refractivity contribution is 6.02. The van der Waals surface area contributed by atoms with Crippen molar-refractivity contribution in [3.63, 3.8) is 0 Å². The van der Waals surface area contributed by atoms with E-state index in [1.165, 1.54) is 11.1 Å². The fourth-order valence-corrected chi connectivity index (χ4v) is 5.74. The molecule has 8 heteroatoms. The third-order valence-corrected chi connectivity index (χ3v) is 8.44. The summed E-state index contributed by atoms with van der Waals surface area (Å²) in [6.45, 7) is 12.1. The van der Waals surface area contributed by atoms with E-state index >= 15 is 0 Å². The summed E-state index contributed by atoms with van der Waals surface area (Å²) in [4.78, 5) is 15.7. The summed E-state index contributed by atoms with van der Waals surface area (Å²) < 4.78 is 24.4. The SMILES string of the molecule is CCCCOc1cc(OCCCC)c(-c2onc(C(=O)NCC)c2-c2ccc(CN3CCOCC3)cc2)cc1CCc1ccccc1. The highest BCUT2D eigenvalue weighted by atomic mass is 16.5. The van der Waals surface area contributed by atoms with E-state index in [2.05, 4.69) is 83.8 Å². The summed E-state index contributed by atoms with van der Waals surface area (Å²) in [6.07, 6.45) is 5.58. The fraction of sp³-hybridized carbons (Fsp3) is 0.436. The molecule has 1 aliphatic heterocycles. The van der Waals surface area contributed by atoms with Gasteiger partial charge < -0.3 is 24.1 Å². The largest absolute Gasteiger partial charge is 0.493 e. The van der Waals surface area contributed by atoms with E-state index < -0.39 is 0 Å². The lowest BCUT2D eigenvalue weighted by Crippen LogP contribution is -2.35. The van der Waals surface area contributed by atoms with Gasteiger partial charge in [-0.1, -0.05) is 86.4 Å². The highest BCUT2D eigenvalue weighted by Gasteiger charge is 2.27. The van der Waals surface area contributed by atoms with Crippen molar-refractivity contribution in [3.05, 3.63) is 89.1 Å². The van der Waals surface area contributed by atoms with Crippen LogP contribution in [0.15, 0.2) is 71.3 Å². The Morgan fingerprint density at radius 3 is 2.23 bits per heavy atom. The van der Waals surface area contributed by atoms with E-state index in [0.29, 0.717) is 36.8 Å². The van der Waals surface area contributed by atoms with Gasteiger partial charge in [0.15, 0.2) is 11.5 Å². The minimum atomic E-state index is -0.271. The van der Waals surface area contributed by atoms with Crippen LogP contribution in [-0.4, -0.2) is 62.0 Å². The van der Waals surface area contributed by atoms with Crippen LogP contribution in [0.25, 0.3) is 22.5 Å². The van der Waals surface area contributed by atoms with Gasteiger partial charge in [0.05, 0.1) is 37.6 Å². The van der Waals surface area contributed by atoms with Gasteiger partial charge in [-0.2, -0.15) is 0 Å². The predicted octanol–water partition coefficient (Wildman–Crippen LogP) is 7.73. The maximum atomic E-state index is 13.3. The Labute approximate surface area is 279 Å². The Kier molecular flexibility index (Phi) is 12.9. The van der Waals surface area contributed by atoms with Crippen LogP contribution < -0.4 is 14.8 Å². The number of nitrogens with zero attached hydrogens (tertiary/aromatic N) is 2. The number of rotatable bonds is 17. The molecule has 0 radical (unpaired) electrons. The molecule has 0 unspecified atom stereocenters. The lowest BCUT2D eigenvalue weighted by molar-refractivity contribution is 0.0342. The normalized spacial score (nSPS) is 13.4. The van der Waals surface area contributed by atoms with Crippen LogP contribution in [0.5, 0.6) is 11.5 Å². The van der Waals surface area contributed by atoms with Gasteiger partial charge >= 0.3 is 0 Å². The van der Waals surface area contributed by atoms with Crippen LogP contribution in [-0.2, 0) is 24.1 Å². The molecular formula is C39H49N3O5. The minimum Gasteiger partial charge on any atom is -0.493 e. The number of aromatic nitrogens is 1. The first kappa shape index (κ1) is 34.2. The van der Waals surface area contributed by atoms with Crippen molar-refractivity contribution in [2.24, 2.45) is 0 Å². The van der Waals surface area contributed by atoms with Crippen molar-refractivity contribution in [1.82, 2.24) is 15.4 Å². The smallest absolute Gasteiger partial charge is 0.274 e. The molecule has 1 saturated heterocycles. The van der Waals surface area contributed by atoms with Gasteiger partial charge in [0.2, 0.25) is 0 Å². The zero-order chi connectivity index (χ0) is 32.8. The number of unbranched alkanes of at least 4 members (excludes halogenated alkanes) is 2. The molecular weight excluding hydrogens is 590 g/mol. The van der Waals surface area contributed by atoms with E-state index in [4.69, 9.17) is 18.7 Å². The lowest BCUT2D eigenvalue weighted by atomic mass is 9.95. The number of nitrogens with one attached hydrogen (secondary N) is 1. The van der Waals surface area contributed by atoms with Crippen molar-refractivity contribution < 1.29 is 23.5 Å². The Balaban J connectivity index is 1.58. The van der Waals surface area contributed by atoms with Crippen molar-refractivity contribution in [2.75, 3.05) is 46.1 Å². The number of morpholine rings is 1. The first-order chi connectivity index (χ1) is 23.1. The number of carbonyl (C=O) groups is 1. The summed E-state index contributed by atoms with van der Waals surface area (Å²) in [5.74, 6) is 1.73. The standard InChI is InChI=1S/C39H49N3O5/c1-4-7-22-45-34-27-35(46-23-8-5-2)33(26-32(34)19-14-29-12-10-9-11-13-29)38-36(37(41-47-38)39(43)40-6-3)31-17-15-30(16-18-31)28-42-20-24-44-25-21-42/h9-13,15-18,26-27H,4-8,14,19-25,28H2,1-3H3,(H,40,43). The molecule has 0 spiro atoms. The minimum absolute atomic E-state index is 0.261. The summed E-state index contributed by atoms with van der Waals surface area (Å²) >= 11 is 0. The molecule has 0 atom stereocenters. The zero-order valence-corrected chi connectivity index (χ0v) is 28.2. The Morgan fingerprint density at radius 2 is 1.55 bits per heavy atom. The maximum absolute atomic E-state index is 13.3. The Morgan fingerprint density at radius 1 is 0.851 bits per heavy atom. The summed E-state index contributed by atoms with van der Waals surface area (Å²) in [6, 6.07) is 23.0. The monoisotopic (exact) mass is 639 g/mol. The predicted molar refractivity (Wildman–Crippen MR) is 186 cm³/mol. The van der Waals surface area contributed by atoms with Gasteiger partial charge in [0.25, 0.3) is 5.91 Å². The molecule has 1 aliphatic rings. The summed E-state index contributed by atoms with van der Waals surface area (Å²) in [5.41, 5.74) is 6.07. The third kappa shape index (κ3) is 9.24. The average molecular weight is 640 g/mol. The molecule has 1 amide bonds. The fourth-order valence-electron chi connectivity index (χ4n) is 5.74. The van der Waals surface area contributed by atoms with E-state index in [0.717, 1.165) is 93.8 Å². The second-order valence-corrected chi connectivity index (χ2v) is 12.0. The molecule has 0 saturated carbocycles. The van der Waals surface area contributed by atoms with Crippen molar-refractivity contribution in [2.45, 2.75) is 65.8 Å². The van der Waals surface area contributed by atoms with Crippen LogP contribution in [0.1, 0.15) is 73.6 Å². The number of ether oxygens (including phenoxy) is 3. The van der Waals surface area contributed by atoms with Crippen LogP contribution in [0.3, 0.4) is 0 Å². The second-order valence-electron chi connectivity index (χ2n) is 12.0. The molecule has 1 N–H and O–H groups in total. The maximum Gasteiger partial charge on any atom is 0.274 e. The third-order valence-electron chi connectivity index (χ3n) is 8.44. The van der Waals surface area contributed by atoms with Crippen LogP contribution in [0, 0.1) is 0 Å². The van der Waals surface area contributed by atoms with Crippen LogP contribution >= 0.6 is 0 Å². The first-order valence-electron chi connectivity index (χ1n) is 17.2. The van der Waals surface area contributed by atoms with Crippen molar-refractivity contribution >= 4 is 5.91 Å². The molecule has 5 rings (SSSR count). The number of aryl methyl sites for hydroxylation is 2. The molecule has 0 bridgehead atoms. The summed E-state index contributed by atoms with van der Waals surface area (Å²) in [5, 5.41) is 7.27. The Hall–Kier alpha value is -4.14. The Bertz CT molecular complexity index is 1550. The molecule has 0 aliphatic carbocycles. The topological polar surface area (TPSA) is 86.1 Å². The molecule has 3 aromatic carbocycles. The number of amides is 1. The van der Waals surface area contributed by atoms with E-state index in [1.807, 2.05) is 19.1 Å². The summed E-state index contributed by atoms with van der Waals surface area (Å²) in [7, 11) is 0. The molecule has 1 fully saturated rings. The number of hydrogen-bond donors (Lipinski definition) is 1. The van der Waals surface area contributed by atoms with Gasteiger partial charge in [-0.15, -0.1) is 0 Å². The van der Waals surface area contributed by atoms with E-state index in [1.54, 1.807) is 0 Å². The number of benzene rings is 3. The van der Waals surface area contributed by atoms with Crippen molar-refractivity contribution in [3.8, 4) is 33.9 Å². The van der Waals surface area contributed by atoms with Crippen molar-refractivity contribution in [1.29, 1.82) is 0 Å². The van der Waals surface area contributed by atoms with Gasteiger partial charge in [-0.25, -0.2) is 0 Å². The van der Waals surface area contributed by atoms with Gasteiger partial charge in [-0.3, -0.25) is 9.69 Å². The molecule has 2 heterocycles. The zero-order valence-electron chi connectivity index (χ0n) is 28.2. The molecule has 4 aromatic rings. The molecule has 8 nitrogen and oxygen atoms in total. The number of hydrogen-bond acceptors (Lipinski definition) is 7. The highest BCUT2D eigenvalue weighted by Crippen LogP contribution is 2.43. The van der Waals surface area contributed by atoms with E-state index in [9.17, 15) is 4.79 Å². The van der Waals surface area contributed by atoms with Gasteiger partial charge in [0, 0.05) is 32.2 Å².